The van der Waals surface area contributed by atoms with Gasteiger partial charge in [-0.25, -0.2) is 9.97 Å². The SMILES string of the molecule is Cc1nc(-c2cccc(NC(=O)Cn3cnc4sc5c(c4c3=O)CCCCC5)c2)cs1. The van der Waals surface area contributed by atoms with E-state index in [0.29, 0.717) is 11.1 Å². The van der Waals surface area contributed by atoms with Gasteiger partial charge in [0.2, 0.25) is 5.91 Å². The monoisotopic (exact) mass is 450 g/mol. The number of hydrogen-bond donors (Lipinski definition) is 1. The second-order valence-corrected chi connectivity index (χ2v) is 9.95. The highest BCUT2D eigenvalue weighted by atomic mass is 32.1. The molecule has 0 spiro atoms. The second kappa shape index (κ2) is 8.36. The Labute approximate surface area is 187 Å². The summed E-state index contributed by atoms with van der Waals surface area (Å²) in [5.74, 6) is -0.254. The maximum Gasteiger partial charge on any atom is 0.262 e. The molecule has 0 unspecified atom stereocenters. The van der Waals surface area contributed by atoms with Crippen LogP contribution in [0.5, 0.6) is 0 Å². The highest BCUT2D eigenvalue weighted by Gasteiger charge is 2.19. The molecule has 0 aliphatic heterocycles. The van der Waals surface area contributed by atoms with E-state index in [1.165, 1.54) is 22.2 Å². The minimum absolute atomic E-state index is 0.0631. The van der Waals surface area contributed by atoms with E-state index in [9.17, 15) is 9.59 Å². The number of carbonyl (C=O) groups excluding carboxylic acids is 1. The number of fused-ring (bicyclic) bond motifs is 3. The molecular formula is C23H22N4O2S2. The lowest BCUT2D eigenvalue weighted by Gasteiger charge is -2.09. The molecule has 3 aromatic heterocycles. The van der Waals surface area contributed by atoms with Crippen molar-refractivity contribution in [1.29, 1.82) is 0 Å². The standard InChI is InChI=1S/C23H22N4O2S2/c1-14-25-18(12-30-14)15-6-5-7-16(10-15)26-20(28)11-27-13-24-22-21(23(27)29)17-8-3-2-4-9-19(17)31-22/h5-7,10,12-13H,2-4,8-9,11H2,1H3,(H,26,28). The van der Waals surface area contributed by atoms with Crippen molar-refractivity contribution in [1.82, 2.24) is 14.5 Å². The van der Waals surface area contributed by atoms with E-state index < -0.39 is 0 Å². The van der Waals surface area contributed by atoms with Gasteiger partial charge in [-0.05, 0) is 50.3 Å². The van der Waals surface area contributed by atoms with E-state index in [-0.39, 0.29) is 18.0 Å². The molecule has 1 N–H and O–H groups in total. The fourth-order valence-electron chi connectivity index (χ4n) is 4.08. The van der Waals surface area contributed by atoms with Crippen LogP contribution in [0.2, 0.25) is 0 Å². The van der Waals surface area contributed by atoms with Gasteiger partial charge in [0, 0.05) is 21.5 Å². The fraction of sp³-hybridized carbons (Fsp3) is 0.304. The summed E-state index contributed by atoms with van der Waals surface area (Å²) in [4.78, 5) is 36.9. The number of benzene rings is 1. The number of amides is 1. The van der Waals surface area contributed by atoms with Crippen LogP contribution >= 0.6 is 22.7 Å². The summed E-state index contributed by atoms with van der Waals surface area (Å²) in [6, 6.07) is 7.59. The van der Waals surface area contributed by atoms with Crippen LogP contribution in [0.1, 0.15) is 34.7 Å². The molecule has 0 saturated carbocycles. The number of rotatable bonds is 4. The Morgan fingerprint density at radius 1 is 1.23 bits per heavy atom. The van der Waals surface area contributed by atoms with Crippen molar-refractivity contribution in [3.8, 4) is 11.3 Å². The number of hydrogen-bond acceptors (Lipinski definition) is 6. The van der Waals surface area contributed by atoms with Gasteiger partial charge < -0.3 is 5.32 Å². The van der Waals surface area contributed by atoms with Crippen LogP contribution in [0.4, 0.5) is 5.69 Å². The molecule has 0 fully saturated rings. The molecule has 1 aromatic carbocycles. The van der Waals surface area contributed by atoms with Gasteiger partial charge in [-0.2, -0.15) is 0 Å². The van der Waals surface area contributed by atoms with Crippen LogP contribution in [0, 0.1) is 6.92 Å². The number of nitrogens with one attached hydrogen (secondary N) is 1. The first-order chi connectivity index (χ1) is 15.1. The molecular weight excluding hydrogens is 428 g/mol. The largest absolute Gasteiger partial charge is 0.325 e. The Kier molecular flexibility index (Phi) is 5.41. The molecule has 1 aliphatic rings. The van der Waals surface area contributed by atoms with Crippen molar-refractivity contribution in [2.75, 3.05) is 5.32 Å². The van der Waals surface area contributed by atoms with E-state index in [1.807, 2.05) is 36.6 Å². The topological polar surface area (TPSA) is 76.9 Å². The van der Waals surface area contributed by atoms with Gasteiger partial charge in [-0.1, -0.05) is 18.6 Å². The molecule has 0 bridgehead atoms. The third kappa shape index (κ3) is 4.05. The zero-order chi connectivity index (χ0) is 21.4. The van der Waals surface area contributed by atoms with Crippen LogP contribution in [-0.2, 0) is 24.2 Å². The molecule has 0 radical (unpaired) electrons. The molecule has 8 heteroatoms. The van der Waals surface area contributed by atoms with Crippen LogP contribution in [0.15, 0.2) is 40.8 Å². The first-order valence-corrected chi connectivity index (χ1v) is 12.1. The van der Waals surface area contributed by atoms with Gasteiger partial charge in [-0.15, -0.1) is 22.7 Å². The Balaban J connectivity index is 1.38. The first kappa shape index (κ1) is 20.1. The summed E-state index contributed by atoms with van der Waals surface area (Å²) in [6.45, 7) is 1.90. The number of aryl methyl sites for hydroxylation is 3. The van der Waals surface area contributed by atoms with Crippen LogP contribution in [0.25, 0.3) is 21.5 Å². The minimum atomic E-state index is -0.254. The van der Waals surface area contributed by atoms with E-state index in [1.54, 1.807) is 22.7 Å². The van der Waals surface area contributed by atoms with Crippen LogP contribution < -0.4 is 10.9 Å². The van der Waals surface area contributed by atoms with Gasteiger partial charge in [-0.3, -0.25) is 14.2 Å². The quantitative estimate of drug-likeness (QED) is 0.453. The average Bonchev–Trinajstić information content (AvgIpc) is 3.27. The summed E-state index contributed by atoms with van der Waals surface area (Å²) in [5, 5.41) is 6.61. The Morgan fingerprint density at radius 2 is 2.10 bits per heavy atom. The lowest BCUT2D eigenvalue weighted by Crippen LogP contribution is -2.28. The number of thiazole rings is 1. The van der Waals surface area contributed by atoms with Crippen molar-refractivity contribution in [2.24, 2.45) is 0 Å². The number of carbonyl (C=O) groups is 1. The predicted octanol–water partition coefficient (Wildman–Crippen LogP) is 4.80. The number of thiophene rings is 1. The number of nitrogens with zero attached hydrogens (tertiary/aromatic N) is 3. The lowest BCUT2D eigenvalue weighted by molar-refractivity contribution is -0.116. The fourth-order valence-corrected chi connectivity index (χ4v) is 5.92. The second-order valence-electron chi connectivity index (χ2n) is 7.80. The molecule has 6 nitrogen and oxygen atoms in total. The molecule has 0 saturated heterocycles. The Morgan fingerprint density at radius 3 is 2.94 bits per heavy atom. The predicted molar refractivity (Wildman–Crippen MR) is 126 cm³/mol. The van der Waals surface area contributed by atoms with Gasteiger partial charge in [0.15, 0.2) is 0 Å². The smallest absolute Gasteiger partial charge is 0.262 e. The molecule has 0 atom stereocenters. The molecule has 3 heterocycles. The number of anilines is 1. The van der Waals surface area contributed by atoms with Crippen molar-refractivity contribution >= 4 is 44.5 Å². The van der Waals surface area contributed by atoms with Crippen molar-refractivity contribution in [3.63, 3.8) is 0 Å². The van der Waals surface area contributed by atoms with Crippen LogP contribution in [-0.4, -0.2) is 20.4 Å². The van der Waals surface area contributed by atoms with E-state index >= 15 is 0 Å². The maximum absolute atomic E-state index is 13.1. The molecule has 158 valence electrons. The van der Waals surface area contributed by atoms with Gasteiger partial charge in [0.25, 0.3) is 5.56 Å². The highest BCUT2D eigenvalue weighted by molar-refractivity contribution is 7.18. The molecule has 31 heavy (non-hydrogen) atoms. The normalized spacial score (nSPS) is 13.7. The Bertz CT molecular complexity index is 1340. The molecule has 5 rings (SSSR count). The van der Waals surface area contributed by atoms with Crippen molar-refractivity contribution in [2.45, 2.75) is 45.6 Å². The zero-order valence-electron chi connectivity index (χ0n) is 17.2. The Hall–Kier alpha value is -2.84. The summed E-state index contributed by atoms with van der Waals surface area (Å²) in [7, 11) is 0. The van der Waals surface area contributed by atoms with Gasteiger partial charge in [0.1, 0.15) is 11.4 Å². The summed E-state index contributed by atoms with van der Waals surface area (Å²) in [6.07, 6.45) is 6.89. The maximum atomic E-state index is 13.1. The van der Waals surface area contributed by atoms with Crippen molar-refractivity contribution in [3.05, 3.63) is 61.8 Å². The summed E-state index contributed by atoms with van der Waals surface area (Å²) < 4.78 is 1.42. The third-order valence-electron chi connectivity index (χ3n) is 5.57. The van der Waals surface area contributed by atoms with E-state index in [2.05, 4.69) is 15.3 Å². The van der Waals surface area contributed by atoms with Crippen LogP contribution in [0.3, 0.4) is 0 Å². The van der Waals surface area contributed by atoms with E-state index in [4.69, 9.17) is 0 Å². The van der Waals surface area contributed by atoms with Gasteiger partial charge >= 0.3 is 0 Å². The van der Waals surface area contributed by atoms with E-state index in [0.717, 1.165) is 52.3 Å². The minimum Gasteiger partial charge on any atom is -0.325 e. The van der Waals surface area contributed by atoms with Gasteiger partial charge in [0.05, 0.1) is 22.4 Å². The summed E-state index contributed by atoms with van der Waals surface area (Å²) >= 11 is 3.22. The highest BCUT2D eigenvalue weighted by Crippen LogP contribution is 2.32. The molecule has 4 aromatic rings. The molecule has 1 aliphatic carbocycles. The number of aromatic nitrogens is 3. The molecule has 1 amide bonds. The third-order valence-corrected chi connectivity index (χ3v) is 7.54. The zero-order valence-corrected chi connectivity index (χ0v) is 18.8. The first-order valence-electron chi connectivity index (χ1n) is 10.4. The summed E-state index contributed by atoms with van der Waals surface area (Å²) in [5.41, 5.74) is 3.55. The average molecular weight is 451 g/mol. The van der Waals surface area contributed by atoms with Crippen molar-refractivity contribution < 1.29 is 4.79 Å². The lowest BCUT2D eigenvalue weighted by atomic mass is 10.1.